The predicted octanol–water partition coefficient (Wildman–Crippen LogP) is 2.99. The summed E-state index contributed by atoms with van der Waals surface area (Å²) in [5.41, 5.74) is 0.621. The molecule has 152 valence electrons. The fourth-order valence-corrected chi connectivity index (χ4v) is 4.08. The van der Waals surface area contributed by atoms with Gasteiger partial charge in [-0.2, -0.15) is 0 Å². The van der Waals surface area contributed by atoms with Crippen molar-refractivity contribution in [2.24, 2.45) is 11.8 Å². The molecular formula is C21H27ClN2O4. The molecule has 0 spiro atoms. The highest BCUT2D eigenvalue weighted by Gasteiger charge is 2.33. The highest BCUT2D eigenvalue weighted by Crippen LogP contribution is 2.25. The molecule has 0 atom stereocenters. The van der Waals surface area contributed by atoms with Crippen LogP contribution in [-0.4, -0.2) is 60.4 Å². The van der Waals surface area contributed by atoms with Gasteiger partial charge in [0.15, 0.2) is 0 Å². The largest absolute Gasteiger partial charge is 0.466 e. The molecule has 0 saturated carbocycles. The van der Waals surface area contributed by atoms with E-state index >= 15 is 0 Å². The zero-order valence-electron chi connectivity index (χ0n) is 16.2. The standard InChI is InChI=1S/C21H27ClN2O4/c1-2-28-21(27)17-9-13-24(14-10-17)20(26)16-7-11-23(12-8-16)19(25)15-3-5-18(22)6-4-15/h3-6,16-17H,2,7-14H2,1H3. The topological polar surface area (TPSA) is 66.9 Å². The van der Waals surface area contributed by atoms with Gasteiger partial charge < -0.3 is 14.5 Å². The van der Waals surface area contributed by atoms with Crippen molar-refractivity contribution in [3.05, 3.63) is 34.9 Å². The number of hydrogen-bond donors (Lipinski definition) is 0. The van der Waals surface area contributed by atoms with Crippen LogP contribution >= 0.6 is 11.6 Å². The minimum Gasteiger partial charge on any atom is -0.466 e. The lowest BCUT2D eigenvalue weighted by atomic mass is 9.92. The summed E-state index contributed by atoms with van der Waals surface area (Å²) in [5.74, 6) is -0.154. The third-order valence-corrected chi connectivity index (χ3v) is 5.90. The molecule has 0 N–H and O–H groups in total. The molecule has 0 aliphatic carbocycles. The van der Waals surface area contributed by atoms with Crippen LogP contribution in [0.15, 0.2) is 24.3 Å². The van der Waals surface area contributed by atoms with Crippen LogP contribution in [0.2, 0.25) is 5.02 Å². The molecule has 6 nitrogen and oxygen atoms in total. The monoisotopic (exact) mass is 406 g/mol. The lowest BCUT2D eigenvalue weighted by Crippen LogP contribution is -2.47. The summed E-state index contributed by atoms with van der Waals surface area (Å²) in [6, 6.07) is 6.89. The number of rotatable bonds is 4. The van der Waals surface area contributed by atoms with Crippen molar-refractivity contribution in [2.75, 3.05) is 32.8 Å². The van der Waals surface area contributed by atoms with Gasteiger partial charge in [-0.25, -0.2) is 0 Å². The van der Waals surface area contributed by atoms with Crippen molar-refractivity contribution in [1.82, 2.24) is 9.80 Å². The van der Waals surface area contributed by atoms with E-state index in [0.717, 1.165) is 0 Å². The lowest BCUT2D eigenvalue weighted by Gasteiger charge is -2.37. The smallest absolute Gasteiger partial charge is 0.309 e. The number of halogens is 1. The van der Waals surface area contributed by atoms with E-state index in [2.05, 4.69) is 0 Å². The van der Waals surface area contributed by atoms with Crippen LogP contribution in [-0.2, 0) is 14.3 Å². The minimum atomic E-state index is -0.149. The van der Waals surface area contributed by atoms with Gasteiger partial charge in [0.05, 0.1) is 12.5 Å². The van der Waals surface area contributed by atoms with E-state index in [0.29, 0.717) is 69.1 Å². The van der Waals surface area contributed by atoms with Gasteiger partial charge in [-0.3, -0.25) is 14.4 Å². The SMILES string of the molecule is CCOC(=O)C1CCN(C(=O)C2CCN(C(=O)c3ccc(Cl)cc3)CC2)CC1. The highest BCUT2D eigenvalue weighted by molar-refractivity contribution is 6.30. The summed E-state index contributed by atoms with van der Waals surface area (Å²) in [5, 5.41) is 0.604. The summed E-state index contributed by atoms with van der Waals surface area (Å²) in [6.07, 6.45) is 2.68. The summed E-state index contributed by atoms with van der Waals surface area (Å²) in [4.78, 5) is 40.9. The van der Waals surface area contributed by atoms with Crippen LogP contribution in [0.1, 0.15) is 43.0 Å². The Morgan fingerprint density at radius 3 is 2.04 bits per heavy atom. The Morgan fingerprint density at radius 2 is 1.46 bits per heavy atom. The Kier molecular flexibility index (Phi) is 6.94. The summed E-state index contributed by atoms with van der Waals surface area (Å²) >= 11 is 5.88. The molecular weight excluding hydrogens is 380 g/mol. The normalized spacial score (nSPS) is 18.8. The van der Waals surface area contributed by atoms with E-state index in [-0.39, 0.29) is 29.6 Å². The molecule has 7 heteroatoms. The number of ether oxygens (including phenoxy) is 1. The molecule has 2 aliphatic heterocycles. The van der Waals surface area contributed by atoms with Crippen molar-refractivity contribution < 1.29 is 19.1 Å². The molecule has 2 heterocycles. The second-order valence-electron chi connectivity index (χ2n) is 7.42. The molecule has 0 radical (unpaired) electrons. The zero-order valence-corrected chi connectivity index (χ0v) is 17.0. The number of hydrogen-bond acceptors (Lipinski definition) is 4. The van der Waals surface area contributed by atoms with Gasteiger partial charge in [-0.15, -0.1) is 0 Å². The molecule has 28 heavy (non-hydrogen) atoms. The van der Waals surface area contributed by atoms with Crippen LogP contribution in [0.25, 0.3) is 0 Å². The molecule has 3 rings (SSSR count). The first kappa shape index (κ1) is 20.6. The van der Waals surface area contributed by atoms with Gasteiger partial charge in [0.2, 0.25) is 5.91 Å². The number of likely N-dealkylation sites (tertiary alicyclic amines) is 2. The quantitative estimate of drug-likeness (QED) is 0.721. The van der Waals surface area contributed by atoms with Gasteiger partial charge in [0.25, 0.3) is 5.91 Å². The van der Waals surface area contributed by atoms with Gasteiger partial charge >= 0.3 is 5.97 Å². The highest BCUT2D eigenvalue weighted by atomic mass is 35.5. The molecule has 1 aromatic carbocycles. The first-order valence-corrected chi connectivity index (χ1v) is 10.4. The van der Waals surface area contributed by atoms with Gasteiger partial charge in [-0.05, 0) is 56.9 Å². The number of benzene rings is 1. The fraction of sp³-hybridized carbons (Fsp3) is 0.571. The van der Waals surface area contributed by atoms with Crippen LogP contribution < -0.4 is 0 Å². The first-order valence-electron chi connectivity index (χ1n) is 10.00. The predicted molar refractivity (Wildman–Crippen MR) is 106 cm³/mol. The molecule has 0 aromatic heterocycles. The maximum absolute atomic E-state index is 12.8. The van der Waals surface area contributed by atoms with E-state index in [1.165, 1.54) is 0 Å². The molecule has 2 saturated heterocycles. The molecule has 0 bridgehead atoms. The number of nitrogens with zero attached hydrogens (tertiary/aromatic N) is 2. The number of piperidine rings is 2. The average molecular weight is 407 g/mol. The number of esters is 1. The summed E-state index contributed by atoms with van der Waals surface area (Å²) in [6.45, 7) is 4.57. The Balaban J connectivity index is 1.47. The van der Waals surface area contributed by atoms with Crippen molar-refractivity contribution in [1.29, 1.82) is 0 Å². The van der Waals surface area contributed by atoms with E-state index in [4.69, 9.17) is 16.3 Å². The van der Waals surface area contributed by atoms with Crippen LogP contribution in [0.5, 0.6) is 0 Å². The number of amides is 2. The van der Waals surface area contributed by atoms with Crippen molar-refractivity contribution >= 4 is 29.4 Å². The summed E-state index contributed by atoms with van der Waals surface area (Å²) in [7, 11) is 0. The van der Waals surface area contributed by atoms with Crippen LogP contribution in [0.4, 0.5) is 0 Å². The van der Waals surface area contributed by atoms with Crippen molar-refractivity contribution in [3.63, 3.8) is 0 Å². The third-order valence-electron chi connectivity index (χ3n) is 5.65. The first-order chi connectivity index (χ1) is 13.5. The Labute approximate surface area is 170 Å². The van der Waals surface area contributed by atoms with Gasteiger partial charge in [0.1, 0.15) is 0 Å². The van der Waals surface area contributed by atoms with Gasteiger partial charge in [0, 0.05) is 42.7 Å². The molecule has 2 amide bonds. The third kappa shape index (κ3) is 4.85. The van der Waals surface area contributed by atoms with Crippen molar-refractivity contribution in [2.45, 2.75) is 32.6 Å². The molecule has 2 aliphatic rings. The molecule has 0 unspecified atom stereocenters. The maximum atomic E-state index is 12.8. The van der Waals surface area contributed by atoms with Crippen molar-refractivity contribution in [3.8, 4) is 0 Å². The number of carbonyl (C=O) groups is 3. The average Bonchev–Trinajstić information content (AvgIpc) is 2.74. The fourth-order valence-electron chi connectivity index (χ4n) is 3.96. The maximum Gasteiger partial charge on any atom is 0.309 e. The van der Waals surface area contributed by atoms with Gasteiger partial charge in [-0.1, -0.05) is 11.6 Å². The second-order valence-corrected chi connectivity index (χ2v) is 7.86. The van der Waals surface area contributed by atoms with E-state index in [1.807, 2.05) is 4.90 Å². The Bertz CT molecular complexity index is 706. The second kappa shape index (κ2) is 9.41. The van der Waals surface area contributed by atoms with E-state index < -0.39 is 0 Å². The van der Waals surface area contributed by atoms with Crippen LogP contribution in [0, 0.1) is 11.8 Å². The zero-order chi connectivity index (χ0) is 20.1. The minimum absolute atomic E-state index is 0.0159. The lowest BCUT2D eigenvalue weighted by molar-refractivity contribution is -0.152. The Hall–Kier alpha value is -2.08. The molecule has 2 fully saturated rings. The van der Waals surface area contributed by atoms with Crippen LogP contribution in [0.3, 0.4) is 0 Å². The number of carbonyl (C=O) groups excluding carboxylic acids is 3. The summed E-state index contributed by atoms with van der Waals surface area (Å²) < 4.78 is 5.08. The molecule has 1 aromatic rings. The van der Waals surface area contributed by atoms with E-state index in [1.54, 1.807) is 36.1 Å². The van der Waals surface area contributed by atoms with E-state index in [9.17, 15) is 14.4 Å². The Morgan fingerprint density at radius 1 is 0.929 bits per heavy atom.